The van der Waals surface area contributed by atoms with Gasteiger partial charge in [-0.3, -0.25) is 4.98 Å². The van der Waals surface area contributed by atoms with Crippen molar-refractivity contribution >= 4 is 23.2 Å². The van der Waals surface area contributed by atoms with Crippen molar-refractivity contribution in [3.8, 4) is 5.75 Å². The van der Waals surface area contributed by atoms with Crippen molar-refractivity contribution in [1.29, 1.82) is 0 Å². The van der Waals surface area contributed by atoms with Gasteiger partial charge < -0.3 is 10.5 Å². The fourth-order valence-corrected chi connectivity index (χ4v) is 2.21. The van der Waals surface area contributed by atoms with Gasteiger partial charge in [0.25, 0.3) is 0 Å². The third kappa shape index (κ3) is 4.37. The lowest BCUT2D eigenvalue weighted by Gasteiger charge is -2.09. The average molecular weight is 311 g/mol. The zero-order chi connectivity index (χ0) is 14.5. The Morgan fingerprint density at radius 2 is 2.05 bits per heavy atom. The summed E-state index contributed by atoms with van der Waals surface area (Å²) in [6, 6.07) is 9.24. The number of hydrogen-bond donors (Lipinski definition) is 1. The quantitative estimate of drug-likeness (QED) is 0.912. The van der Waals surface area contributed by atoms with Gasteiger partial charge in [-0.2, -0.15) is 0 Å². The number of ether oxygens (including phenoxy) is 1. The molecule has 2 aromatic rings. The van der Waals surface area contributed by atoms with Gasteiger partial charge in [-0.15, -0.1) is 0 Å². The zero-order valence-corrected chi connectivity index (χ0v) is 12.7. The minimum absolute atomic E-state index is 0.0992. The summed E-state index contributed by atoms with van der Waals surface area (Å²) < 4.78 is 5.65. The molecule has 0 radical (unpaired) electrons. The van der Waals surface area contributed by atoms with Gasteiger partial charge in [-0.1, -0.05) is 29.3 Å². The SMILES string of the molecule is CC(N)Cc1ccc(OCc2ccc(Cl)cc2Cl)cn1. The number of benzene rings is 1. The highest BCUT2D eigenvalue weighted by Crippen LogP contribution is 2.22. The molecule has 0 saturated carbocycles. The van der Waals surface area contributed by atoms with Gasteiger partial charge in [0.15, 0.2) is 0 Å². The molecule has 1 aromatic carbocycles. The van der Waals surface area contributed by atoms with E-state index in [9.17, 15) is 0 Å². The van der Waals surface area contributed by atoms with Crippen molar-refractivity contribution in [2.45, 2.75) is 26.0 Å². The molecule has 1 unspecified atom stereocenters. The lowest BCUT2D eigenvalue weighted by Crippen LogP contribution is -2.18. The van der Waals surface area contributed by atoms with E-state index in [-0.39, 0.29) is 6.04 Å². The largest absolute Gasteiger partial charge is 0.487 e. The Bertz CT molecular complexity index is 571. The molecule has 0 spiro atoms. The zero-order valence-electron chi connectivity index (χ0n) is 11.1. The molecule has 1 heterocycles. The molecule has 20 heavy (non-hydrogen) atoms. The molecule has 0 amide bonds. The molecule has 0 aliphatic carbocycles. The van der Waals surface area contributed by atoms with Gasteiger partial charge in [-0.05, 0) is 31.2 Å². The summed E-state index contributed by atoms with van der Waals surface area (Å²) >= 11 is 11.9. The van der Waals surface area contributed by atoms with Gasteiger partial charge >= 0.3 is 0 Å². The maximum Gasteiger partial charge on any atom is 0.138 e. The summed E-state index contributed by atoms with van der Waals surface area (Å²) in [5, 5.41) is 1.21. The van der Waals surface area contributed by atoms with Crippen molar-refractivity contribution in [3.63, 3.8) is 0 Å². The van der Waals surface area contributed by atoms with Crippen molar-refractivity contribution in [1.82, 2.24) is 4.98 Å². The van der Waals surface area contributed by atoms with Crippen molar-refractivity contribution in [2.75, 3.05) is 0 Å². The Kier molecular flexibility index (Phi) is 5.24. The Morgan fingerprint density at radius 3 is 2.65 bits per heavy atom. The lowest BCUT2D eigenvalue weighted by atomic mass is 10.2. The minimum Gasteiger partial charge on any atom is -0.487 e. The fraction of sp³-hybridized carbons (Fsp3) is 0.267. The smallest absolute Gasteiger partial charge is 0.138 e. The van der Waals surface area contributed by atoms with Gasteiger partial charge in [0.2, 0.25) is 0 Å². The monoisotopic (exact) mass is 310 g/mol. The number of aromatic nitrogens is 1. The first-order chi connectivity index (χ1) is 9.54. The Labute approximate surface area is 128 Å². The maximum absolute atomic E-state index is 6.08. The van der Waals surface area contributed by atoms with Crippen LogP contribution >= 0.6 is 23.2 Å². The number of hydrogen-bond acceptors (Lipinski definition) is 3. The van der Waals surface area contributed by atoms with Crippen LogP contribution in [0.1, 0.15) is 18.2 Å². The molecular weight excluding hydrogens is 295 g/mol. The highest BCUT2D eigenvalue weighted by molar-refractivity contribution is 6.35. The second-order valence-corrected chi connectivity index (χ2v) is 5.53. The summed E-state index contributed by atoms with van der Waals surface area (Å²) in [7, 11) is 0. The van der Waals surface area contributed by atoms with E-state index in [1.165, 1.54) is 0 Å². The summed E-state index contributed by atoms with van der Waals surface area (Å²) in [6.07, 6.45) is 2.45. The van der Waals surface area contributed by atoms with E-state index in [0.29, 0.717) is 22.4 Å². The Morgan fingerprint density at radius 1 is 1.25 bits per heavy atom. The van der Waals surface area contributed by atoms with Crippen LogP contribution in [-0.4, -0.2) is 11.0 Å². The van der Waals surface area contributed by atoms with E-state index < -0.39 is 0 Å². The first-order valence-corrected chi connectivity index (χ1v) is 7.07. The van der Waals surface area contributed by atoms with E-state index in [1.807, 2.05) is 25.1 Å². The lowest BCUT2D eigenvalue weighted by molar-refractivity contribution is 0.305. The number of nitrogens with zero attached hydrogens (tertiary/aromatic N) is 1. The third-order valence-corrected chi connectivity index (χ3v) is 3.33. The second kappa shape index (κ2) is 6.93. The van der Waals surface area contributed by atoms with Gasteiger partial charge in [-0.25, -0.2) is 0 Å². The maximum atomic E-state index is 6.08. The summed E-state index contributed by atoms with van der Waals surface area (Å²) in [4.78, 5) is 4.31. The predicted octanol–water partition coefficient (Wildman–Crippen LogP) is 3.86. The molecule has 0 fully saturated rings. The molecule has 0 bridgehead atoms. The van der Waals surface area contributed by atoms with Crippen LogP contribution in [0.2, 0.25) is 10.0 Å². The second-order valence-electron chi connectivity index (χ2n) is 4.69. The highest BCUT2D eigenvalue weighted by atomic mass is 35.5. The molecule has 0 saturated heterocycles. The topological polar surface area (TPSA) is 48.1 Å². The van der Waals surface area contributed by atoms with Gasteiger partial charge in [0, 0.05) is 33.8 Å². The van der Waals surface area contributed by atoms with Crippen LogP contribution < -0.4 is 10.5 Å². The molecule has 1 atom stereocenters. The van der Waals surface area contributed by atoms with E-state index in [1.54, 1.807) is 18.3 Å². The van der Waals surface area contributed by atoms with Crippen LogP contribution in [0.3, 0.4) is 0 Å². The summed E-state index contributed by atoms with van der Waals surface area (Å²) in [6.45, 7) is 2.33. The van der Waals surface area contributed by atoms with Crippen LogP contribution in [0.4, 0.5) is 0 Å². The first-order valence-electron chi connectivity index (χ1n) is 6.32. The van der Waals surface area contributed by atoms with E-state index in [4.69, 9.17) is 33.7 Å². The van der Waals surface area contributed by atoms with Crippen molar-refractivity contribution in [3.05, 3.63) is 57.8 Å². The van der Waals surface area contributed by atoms with E-state index >= 15 is 0 Å². The normalized spacial score (nSPS) is 12.2. The van der Waals surface area contributed by atoms with Crippen molar-refractivity contribution in [2.24, 2.45) is 5.73 Å². The molecule has 3 nitrogen and oxygen atoms in total. The molecule has 2 rings (SSSR count). The van der Waals surface area contributed by atoms with Crippen LogP contribution in [0.15, 0.2) is 36.5 Å². The minimum atomic E-state index is 0.0992. The average Bonchev–Trinajstić information content (AvgIpc) is 2.39. The van der Waals surface area contributed by atoms with Crippen LogP contribution in [0.25, 0.3) is 0 Å². The first kappa shape index (κ1) is 15.1. The standard InChI is InChI=1S/C15H16Cl2N2O/c1-10(18)6-13-4-5-14(8-19-13)20-9-11-2-3-12(16)7-15(11)17/h2-5,7-8,10H,6,9,18H2,1H3. The number of pyridine rings is 1. The van der Waals surface area contributed by atoms with Gasteiger partial charge in [0.1, 0.15) is 12.4 Å². The van der Waals surface area contributed by atoms with Gasteiger partial charge in [0.05, 0.1) is 6.20 Å². The van der Waals surface area contributed by atoms with Crippen LogP contribution in [0, 0.1) is 0 Å². The molecule has 5 heteroatoms. The molecule has 106 valence electrons. The molecule has 0 aliphatic heterocycles. The number of rotatable bonds is 5. The summed E-state index contributed by atoms with van der Waals surface area (Å²) in [5.41, 5.74) is 7.57. The van der Waals surface area contributed by atoms with Crippen LogP contribution in [-0.2, 0) is 13.0 Å². The fourth-order valence-electron chi connectivity index (χ4n) is 1.75. The van der Waals surface area contributed by atoms with E-state index in [2.05, 4.69) is 4.98 Å². The Hall–Kier alpha value is -1.29. The van der Waals surface area contributed by atoms with Crippen LogP contribution in [0.5, 0.6) is 5.75 Å². The van der Waals surface area contributed by atoms with Crippen molar-refractivity contribution < 1.29 is 4.74 Å². The third-order valence-electron chi connectivity index (χ3n) is 2.74. The molecule has 0 aliphatic rings. The molecular formula is C15H16Cl2N2O. The predicted molar refractivity (Wildman–Crippen MR) is 82.4 cm³/mol. The number of nitrogens with two attached hydrogens (primary N) is 1. The molecule has 1 aromatic heterocycles. The number of halogens is 2. The summed E-state index contributed by atoms with van der Waals surface area (Å²) in [5.74, 6) is 0.699. The molecule has 2 N–H and O–H groups in total. The van der Waals surface area contributed by atoms with E-state index in [0.717, 1.165) is 17.7 Å². The highest BCUT2D eigenvalue weighted by Gasteiger charge is 2.04. The Balaban J connectivity index is 1.96.